The minimum Gasteiger partial charge on any atom is -0.310 e. The van der Waals surface area contributed by atoms with Crippen molar-refractivity contribution in [2.75, 3.05) is 4.90 Å². The van der Waals surface area contributed by atoms with Crippen LogP contribution in [0.2, 0.25) is 0 Å². The van der Waals surface area contributed by atoms with E-state index in [0.717, 1.165) is 23.7 Å². The molecule has 1 spiro atoms. The maximum atomic E-state index is 2.68. The molecule has 0 aromatic heterocycles. The lowest BCUT2D eigenvalue weighted by Gasteiger charge is -2.61. The summed E-state index contributed by atoms with van der Waals surface area (Å²) < 4.78 is 0. The van der Waals surface area contributed by atoms with E-state index < -0.39 is 0 Å². The molecule has 274 valence electrons. The van der Waals surface area contributed by atoms with Crippen LogP contribution in [0.4, 0.5) is 17.1 Å². The van der Waals surface area contributed by atoms with Gasteiger partial charge in [0.25, 0.3) is 0 Å². The Labute approximate surface area is 328 Å². The summed E-state index contributed by atoms with van der Waals surface area (Å²) >= 11 is 0. The summed E-state index contributed by atoms with van der Waals surface area (Å²) in [5.74, 6) is 3.34. The number of hydrogen-bond acceptors (Lipinski definition) is 1. The Morgan fingerprint density at radius 2 is 1.00 bits per heavy atom. The third-order valence-electron chi connectivity index (χ3n) is 15.3. The van der Waals surface area contributed by atoms with Crippen LogP contribution in [0.5, 0.6) is 0 Å². The monoisotopic (exact) mass is 715 g/mol. The highest BCUT2D eigenvalue weighted by atomic mass is 15.1. The molecule has 6 aromatic rings. The molecule has 55 heavy (non-hydrogen) atoms. The predicted molar refractivity (Wildman–Crippen MR) is 231 cm³/mol. The largest absolute Gasteiger partial charge is 0.310 e. The third-order valence-corrected chi connectivity index (χ3v) is 15.3. The summed E-state index contributed by atoms with van der Waals surface area (Å²) in [5.41, 5.74) is 18.4. The number of fused-ring (bicyclic) bond motifs is 4. The quantitative estimate of drug-likeness (QED) is 0.172. The van der Waals surface area contributed by atoms with Crippen LogP contribution in [0.3, 0.4) is 0 Å². The fourth-order valence-corrected chi connectivity index (χ4v) is 12.9. The zero-order valence-corrected chi connectivity index (χ0v) is 33.0. The highest BCUT2D eigenvalue weighted by Crippen LogP contribution is 2.69. The fourth-order valence-electron chi connectivity index (χ4n) is 12.9. The first-order chi connectivity index (χ1) is 26.7. The second kappa shape index (κ2) is 12.1. The molecular weight excluding hydrogens is 663 g/mol. The zero-order valence-electron chi connectivity index (χ0n) is 33.0. The van der Waals surface area contributed by atoms with E-state index in [2.05, 4.69) is 172 Å². The summed E-state index contributed by atoms with van der Waals surface area (Å²) in [4.78, 5) is 2.64. The molecule has 1 heteroatoms. The van der Waals surface area contributed by atoms with Gasteiger partial charge in [-0.2, -0.15) is 0 Å². The van der Waals surface area contributed by atoms with Crippen LogP contribution < -0.4 is 4.90 Å². The highest BCUT2D eigenvalue weighted by molar-refractivity contribution is 5.88. The van der Waals surface area contributed by atoms with E-state index in [0.29, 0.717) is 0 Å². The standard InChI is InChI=1S/C54H53N/c1-52(2)26-27-53(3,4)51-48(52)18-11-19-50(51)55(43-22-20-38(21-23-43)40-15-10-14-39(33-40)37-12-6-5-7-13-37)44-24-25-46-45-16-8-9-17-47(45)54(49(46)34-44)41-29-35-28-36(31-41)32-42(54)30-35/h5-25,33-36,41-42H,26-32H2,1-4H3. The van der Waals surface area contributed by atoms with Crippen LogP contribution in [0.25, 0.3) is 33.4 Å². The Morgan fingerprint density at radius 1 is 0.436 bits per heavy atom. The van der Waals surface area contributed by atoms with E-state index in [9.17, 15) is 0 Å². The molecular formula is C54H53N. The molecule has 4 fully saturated rings. The Balaban J connectivity index is 1.09. The molecule has 0 heterocycles. The van der Waals surface area contributed by atoms with E-state index in [1.165, 1.54) is 107 Å². The van der Waals surface area contributed by atoms with Crippen LogP contribution in [0.1, 0.15) is 94.9 Å². The Hall–Kier alpha value is -4.88. The first-order valence-electron chi connectivity index (χ1n) is 21.2. The number of rotatable bonds is 5. The molecule has 0 atom stereocenters. The van der Waals surface area contributed by atoms with Crippen LogP contribution >= 0.6 is 0 Å². The minimum atomic E-state index is 0.0626. The second-order valence-corrected chi connectivity index (χ2v) is 19.2. The van der Waals surface area contributed by atoms with Gasteiger partial charge >= 0.3 is 0 Å². The van der Waals surface area contributed by atoms with E-state index in [1.54, 1.807) is 11.1 Å². The minimum absolute atomic E-state index is 0.0626. The molecule has 0 aliphatic heterocycles. The van der Waals surface area contributed by atoms with Crippen molar-refractivity contribution in [2.45, 2.75) is 88.9 Å². The lowest BCUT2D eigenvalue weighted by atomic mass is 9.43. The van der Waals surface area contributed by atoms with Crippen molar-refractivity contribution in [3.05, 3.63) is 162 Å². The zero-order chi connectivity index (χ0) is 37.1. The van der Waals surface area contributed by atoms with E-state index in [1.807, 2.05) is 0 Å². The highest BCUT2D eigenvalue weighted by Gasteiger charge is 2.61. The maximum Gasteiger partial charge on any atom is 0.0502 e. The van der Waals surface area contributed by atoms with Crippen LogP contribution in [0.15, 0.2) is 140 Å². The number of anilines is 3. The second-order valence-electron chi connectivity index (χ2n) is 19.2. The smallest absolute Gasteiger partial charge is 0.0502 e. The van der Waals surface area contributed by atoms with E-state index in [4.69, 9.17) is 0 Å². The van der Waals surface area contributed by atoms with Crippen LogP contribution in [0, 0.1) is 23.7 Å². The van der Waals surface area contributed by atoms with Gasteiger partial charge in [-0.3, -0.25) is 0 Å². The molecule has 1 nitrogen and oxygen atoms in total. The molecule has 4 bridgehead atoms. The maximum absolute atomic E-state index is 2.68. The first-order valence-corrected chi connectivity index (χ1v) is 21.2. The van der Waals surface area contributed by atoms with Gasteiger partial charge in [-0.25, -0.2) is 0 Å². The Morgan fingerprint density at radius 3 is 1.73 bits per heavy atom. The Bertz CT molecular complexity index is 2420. The van der Waals surface area contributed by atoms with Gasteiger partial charge in [0, 0.05) is 16.8 Å². The first kappa shape index (κ1) is 33.5. The molecule has 4 saturated carbocycles. The summed E-state index contributed by atoms with van der Waals surface area (Å²) in [6.45, 7) is 9.87. The molecule has 0 radical (unpaired) electrons. The molecule has 6 aromatic carbocycles. The van der Waals surface area contributed by atoms with Crippen molar-refractivity contribution in [3.63, 3.8) is 0 Å². The van der Waals surface area contributed by atoms with Gasteiger partial charge < -0.3 is 4.90 Å². The van der Waals surface area contributed by atoms with Crippen molar-refractivity contribution < 1.29 is 0 Å². The van der Waals surface area contributed by atoms with Gasteiger partial charge in [0.2, 0.25) is 0 Å². The van der Waals surface area contributed by atoms with Gasteiger partial charge in [0.15, 0.2) is 0 Å². The van der Waals surface area contributed by atoms with Crippen molar-refractivity contribution in [1.29, 1.82) is 0 Å². The average Bonchev–Trinajstić information content (AvgIpc) is 3.49. The van der Waals surface area contributed by atoms with Gasteiger partial charge in [0.05, 0.1) is 5.69 Å². The van der Waals surface area contributed by atoms with Gasteiger partial charge in [-0.15, -0.1) is 0 Å². The lowest BCUT2D eigenvalue weighted by Crippen LogP contribution is -2.55. The van der Waals surface area contributed by atoms with Crippen LogP contribution in [-0.4, -0.2) is 0 Å². The summed E-state index contributed by atoms with van der Waals surface area (Å²) in [5, 5.41) is 0. The Kier molecular flexibility index (Phi) is 7.34. The van der Waals surface area contributed by atoms with Crippen molar-refractivity contribution in [3.8, 4) is 33.4 Å². The van der Waals surface area contributed by atoms with Gasteiger partial charge in [-0.05, 0) is 171 Å². The van der Waals surface area contributed by atoms with E-state index in [-0.39, 0.29) is 16.2 Å². The van der Waals surface area contributed by atoms with Gasteiger partial charge in [-0.1, -0.05) is 131 Å². The summed E-state index contributed by atoms with van der Waals surface area (Å²) in [7, 11) is 0. The molecule has 6 aliphatic rings. The molecule has 0 saturated heterocycles. The number of benzene rings is 6. The average molecular weight is 716 g/mol. The van der Waals surface area contributed by atoms with E-state index >= 15 is 0 Å². The van der Waals surface area contributed by atoms with Crippen molar-refractivity contribution in [1.82, 2.24) is 0 Å². The fraction of sp³-hybridized carbons (Fsp3) is 0.333. The molecule has 0 amide bonds. The number of hydrogen-bond donors (Lipinski definition) is 0. The summed E-state index contributed by atoms with van der Waals surface area (Å²) in [6, 6.07) is 53.5. The molecule has 12 rings (SSSR count). The molecule has 0 N–H and O–H groups in total. The predicted octanol–water partition coefficient (Wildman–Crippen LogP) is 14.6. The lowest BCUT2D eigenvalue weighted by molar-refractivity contribution is -0.0399. The van der Waals surface area contributed by atoms with Crippen molar-refractivity contribution >= 4 is 17.1 Å². The van der Waals surface area contributed by atoms with Gasteiger partial charge in [0.1, 0.15) is 0 Å². The molecule has 6 aliphatic carbocycles. The number of nitrogens with zero attached hydrogens (tertiary/aromatic N) is 1. The van der Waals surface area contributed by atoms with Crippen molar-refractivity contribution in [2.24, 2.45) is 23.7 Å². The SMILES string of the molecule is CC1(C)CCC(C)(C)c2c(N(c3ccc(-c4cccc(-c5ccccc5)c4)cc3)c3ccc4c(c3)C3(c5ccccc5-4)C4CC5CC(C4)CC3C5)cccc21. The topological polar surface area (TPSA) is 3.24 Å². The molecule has 0 unspecified atom stereocenters. The summed E-state index contributed by atoms with van der Waals surface area (Å²) in [6.07, 6.45) is 9.46. The third kappa shape index (κ3) is 4.97. The van der Waals surface area contributed by atoms with Crippen LogP contribution in [-0.2, 0) is 16.2 Å². The normalized spacial score (nSPS) is 26.0.